The van der Waals surface area contributed by atoms with Gasteiger partial charge in [-0.25, -0.2) is 0 Å². The zero-order valence-electron chi connectivity index (χ0n) is 11.6. The van der Waals surface area contributed by atoms with E-state index in [1.54, 1.807) is 30.3 Å². The lowest BCUT2D eigenvalue weighted by Crippen LogP contribution is -2.10. The number of hydrogen-bond donors (Lipinski definition) is 0. The Morgan fingerprint density at radius 1 is 1.18 bits per heavy atom. The number of ketones is 1. The summed E-state index contributed by atoms with van der Waals surface area (Å²) in [6.45, 7) is 1.02. The zero-order chi connectivity index (χ0) is 15.5. The largest absolute Gasteiger partial charge is 0.490 e. The van der Waals surface area contributed by atoms with Crippen LogP contribution in [-0.4, -0.2) is 30.0 Å². The van der Waals surface area contributed by atoms with Crippen LogP contribution in [0.3, 0.4) is 0 Å². The summed E-state index contributed by atoms with van der Waals surface area (Å²) in [5, 5.41) is 11.1. The van der Waals surface area contributed by atoms with E-state index < -0.39 is 10.7 Å². The molecule has 2 aromatic rings. The standard InChI is InChI=1S/C16H13NO5/c18-16(12-5-1-3-7-14(12)17(19)20)13-6-2-4-8-15(13)22-10-11-9-21-11/h1-8,11H,9-10H2. The summed E-state index contributed by atoms with van der Waals surface area (Å²) < 4.78 is 10.7. The highest BCUT2D eigenvalue weighted by Crippen LogP contribution is 2.27. The minimum atomic E-state index is -0.561. The molecule has 1 aliphatic rings. The van der Waals surface area contributed by atoms with Gasteiger partial charge in [0.15, 0.2) is 0 Å². The van der Waals surface area contributed by atoms with E-state index in [9.17, 15) is 14.9 Å². The fraction of sp³-hybridized carbons (Fsp3) is 0.188. The van der Waals surface area contributed by atoms with Crippen LogP contribution in [0.2, 0.25) is 0 Å². The molecule has 0 radical (unpaired) electrons. The molecule has 1 saturated heterocycles. The van der Waals surface area contributed by atoms with Gasteiger partial charge in [0.05, 0.1) is 17.1 Å². The smallest absolute Gasteiger partial charge is 0.280 e. The van der Waals surface area contributed by atoms with Gasteiger partial charge < -0.3 is 9.47 Å². The topological polar surface area (TPSA) is 82.0 Å². The summed E-state index contributed by atoms with van der Waals surface area (Å²) in [5.41, 5.74) is 0.136. The quantitative estimate of drug-likeness (QED) is 0.354. The highest BCUT2D eigenvalue weighted by molar-refractivity contribution is 6.13. The third-order valence-corrected chi connectivity index (χ3v) is 3.30. The first-order chi connectivity index (χ1) is 10.7. The Hall–Kier alpha value is -2.73. The molecule has 0 N–H and O–H groups in total. The molecule has 1 unspecified atom stereocenters. The number of carbonyl (C=O) groups excluding carboxylic acids is 1. The van der Waals surface area contributed by atoms with E-state index in [1.807, 2.05) is 0 Å². The number of ether oxygens (including phenoxy) is 2. The van der Waals surface area contributed by atoms with Crippen molar-refractivity contribution in [1.29, 1.82) is 0 Å². The monoisotopic (exact) mass is 299 g/mol. The molecule has 3 rings (SSSR count). The molecule has 0 aliphatic carbocycles. The van der Waals surface area contributed by atoms with Crippen LogP contribution in [0.5, 0.6) is 5.75 Å². The van der Waals surface area contributed by atoms with Crippen LogP contribution in [0, 0.1) is 10.1 Å². The lowest BCUT2D eigenvalue weighted by atomic mass is 10.0. The highest BCUT2D eigenvalue weighted by Gasteiger charge is 2.26. The van der Waals surface area contributed by atoms with E-state index in [-0.39, 0.29) is 17.4 Å². The summed E-state index contributed by atoms with van der Waals surface area (Å²) in [7, 11) is 0. The molecular formula is C16H13NO5. The number of carbonyl (C=O) groups is 1. The first kappa shape index (κ1) is 14.2. The predicted molar refractivity (Wildman–Crippen MR) is 78.2 cm³/mol. The van der Waals surface area contributed by atoms with Crippen LogP contribution in [-0.2, 0) is 4.74 Å². The molecule has 0 saturated carbocycles. The number of para-hydroxylation sites is 2. The fourth-order valence-electron chi connectivity index (χ4n) is 2.10. The summed E-state index contributed by atoms with van der Waals surface area (Å²) in [4.78, 5) is 23.1. The minimum absolute atomic E-state index is 0.0474. The number of rotatable bonds is 6. The Bertz CT molecular complexity index is 724. The van der Waals surface area contributed by atoms with Gasteiger partial charge in [0, 0.05) is 6.07 Å². The lowest BCUT2D eigenvalue weighted by Gasteiger charge is -2.10. The molecule has 1 heterocycles. The van der Waals surface area contributed by atoms with E-state index in [0.29, 0.717) is 24.5 Å². The van der Waals surface area contributed by atoms with Crippen molar-refractivity contribution >= 4 is 11.5 Å². The molecule has 0 bridgehead atoms. The van der Waals surface area contributed by atoms with Crippen molar-refractivity contribution in [3.8, 4) is 5.75 Å². The van der Waals surface area contributed by atoms with Crippen LogP contribution in [0.4, 0.5) is 5.69 Å². The molecule has 0 amide bonds. The minimum Gasteiger partial charge on any atom is -0.490 e. The Morgan fingerprint density at radius 2 is 1.82 bits per heavy atom. The maximum atomic E-state index is 12.6. The normalized spacial score (nSPS) is 16.1. The van der Waals surface area contributed by atoms with Gasteiger partial charge in [-0.15, -0.1) is 0 Å². The van der Waals surface area contributed by atoms with Crippen molar-refractivity contribution in [2.24, 2.45) is 0 Å². The summed E-state index contributed by atoms with van der Waals surface area (Å²) in [5.74, 6) is -0.0271. The number of nitro groups is 1. The van der Waals surface area contributed by atoms with E-state index in [4.69, 9.17) is 9.47 Å². The number of epoxide rings is 1. The maximum absolute atomic E-state index is 12.6. The third-order valence-electron chi connectivity index (χ3n) is 3.30. The van der Waals surface area contributed by atoms with Crippen LogP contribution < -0.4 is 4.74 Å². The molecule has 112 valence electrons. The number of nitro benzene ring substituents is 1. The van der Waals surface area contributed by atoms with Gasteiger partial charge in [-0.2, -0.15) is 0 Å². The second-order valence-electron chi connectivity index (χ2n) is 4.87. The molecule has 1 fully saturated rings. The summed E-state index contributed by atoms with van der Waals surface area (Å²) >= 11 is 0. The maximum Gasteiger partial charge on any atom is 0.280 e. The van der Waals surface area contributed by atoms with Crippen molar-refractivity contribution in [2.75, 3.05) is 13.2 Å². The Kier molecular flexibility index (Phi) is 3.84. The fourth-order valence-corrected chi connectivity index (χ4v) is 2.10. The number of benzene rings is 2. The average Bonchev–Trinajstić information content (AvgIpc) is 3.37. The van der Waals surface area contributed by atoms with Gasteiger partial charge in [-0.05, 0) is 18.2 Å². The first-order valence-electron chi connectivity index (χ1n) is 6.78. The third kappa shape index (κ3) is 2.96. The first-order valence-corrected chi connectivity index (χ1v) is 6.78. The molecule has 1 atom stereocenters. The van der Waals surface area contributed by atoms with Crippen molar-refractivity contribution in [2.45, 2.75) is 6.10 Å². The molecule has 0 spiro atoms. The molecule has 6 nitrogen and oxygen atoms in total. The van der Waals surface area contributed by atoms with E-state index in [1.165, 1.54) is 18.2 Å². The SMILES string of the molecule is O=C(c1ccccc1OCC1CO1)c1ccccc1[N+](=O)[O-]. The Labute approximate surface area is 126 Å². The van der Waals surface area contributed by atoms with Crippen LogP contribution >= 0.6 is 0 Å². The van der Waals surface area contributed by atoms with Crippen LogP contribution in [0.15, 0.2) is 48.5 Å². The summed E-state index contributed by atoms with van der Waals surface area (Å²) in [6, 6.07) is 12.6. The van der Waals surface area contributed by atoms with Crippen LogP contribution in [0.1, 0.15) is 15.9 Å². The molecule has 0 aromatic heterocycles. The van der Waals surface area contributed by atoms with E-state index in [2.05, 4.69) is 0 Å². The molecular weight excluding hydrogens is 286 g/mol. The average molecular weight is 299 g/mol. The molecule has 2 aromatic carbocycles. The van der Waals surface area contributed by atoms with Gasteiger partial charge in [0.2, 0.25) is 5.78 Å². The van der Waals surface area contributed by atoms with Crippen molar-refractivity contribution in [3.05, 3.63) is 69.8 Å². The van der Waals surface area contributed by atoms with Gasteiger partial charge >= 0.3 is 0 Å². The highest BCUT2D eigenvalue weighted by atomic mass is 16.6. The number of hydrogen-bond acceptors (Lipinski definition) is 5. The second kappa shape index (κ2) is 5.95. The predicted octanol–water partition coefficient (Wildman–Crippen LogP) is 2.60. The Morgan fingerprint density at radius 3 is 2.50 bits per heavy atom. The van der Waals surface area contributed by atoms with Crippen molar-refractivity contribution in [1.82, 2.24) is 0 Å². The number of nitrogens with zero attached hydrogens (tertiary/aromatic N) is 1. The van der Waals surface area contributed by atoms with Gasteiger partial charge in [0.25, 0.3) is 5.69 Å². The van der Waals surface area contributed by atoms with Gasteiger partial charge in [-0.3, -0.25) is 14.9 Å². The summed E-state index contributed by atoms with van der Waals surface area (Å²) in [6.07, 6.45) is 0.0641. The van der Waals surface area contributed by atoms with Crippen molar-refractivity contribution in [3.63, 3.8) is 0 Å². The second-order valence-corrected chi connectivity index (χ2v) is 4.87. The van der Waals surface area contributed by atoms with Crippen molar-refractivity contribution < 1.29 is 19.2 Å². The zero-order valence-corrected chi connectivity index (χ0v) is 11.6. The molecule has 22 heavy (non-hydrogen) atoms. The van der Waals surface area contributed by atoms with Gasteiger partial charge in [0.1, 0.15) is 24.0 Å². The molecule has 6 heteroatoms. The van der Waals surface area contributed by atoms with E-state index >= 15 is 0 Å². The Balaban J connectivity index is 1.93. The molecule has 1 aliphatic heterocycles. The van der Waals surface area contributed by atoms with Crippen LogP contribution in [0.25, 0.3) is 0 Å². The van der Waals surface area contributed by atoms with Gasteiger partial charge in [-0.1, -0.05) is 24.3 Å². The lowest BCUT2D eigenvalue weighted by molar-refractivity contribution is -0.385. The van der Waals surface area contributed by atoms with E-state index in [0.717, 1.165) is 0 Å².